The van der Waals surface area contributed by atoms with Crippen LogP contribution in [0.2, 0.25) is 0 Å². The Morgan fingerprint density at radius 1 is 0.509 bits per heavy atom. The van der Waals surface area contributed by atoms with Crippen molar-refractivity contribution in [3.63, 3.8) is 0 Å². The number of nitrogens with zero attached hydrogens (tertiary/aromatic N) is 2. The van der Waals surface area contributed by atoms with Gasteiger partial charge < -0.3 is 52.7 Å². The van der Waals surface area contributed by atoms with Crippen molar-refractivity contribution in [3.8, 4) is 0 Å². The quantitative estimate of drug-likeness (QED) is 0.0266. The minimum Gasteiger partial charge on any atom is -0.457 e. The molecule has 19 nitrogen and oxygen atoms in total. The van der Waals surface area contributed by atoms with E-state index < -0.39 is 21.6 Å². The Balaban J connectivity index is 1.22. The number of non-ortho nitro benzene ring substituents is 1. The third kappa shape index (κ3) is 22.5. The first-order valence-corrected chi connectivity index (χ1v) is 17.0. The molecule has 0 saturated heterocycles. The maximum atomic E-state index is 11.9. The third-order valence-electron chi connectivity index (χ3n) is 6.61. The Morgan fingerprint density at radius 2 is 0.906 bits per heavy atom. The number of nitro groups is 2. The molecule has 1 N–H and O–H groups in total. The van der Waals surface area contributed by atoms with Gasteiger partial charge in [-0.25, -0.2) is 4.79 Å². The van der Waals surface area contributed by atoms with Crippen LogP contribution in [0.5, 0.6) is 0 Å². The fourth-order valence-electron chi connectivity index (χ4n) is 4.02. The summed E-state index contributed by atoms with van der Waals surface area (Å²) >= 11 is 0. The Hall–Kier alpha value is -4.18. The molecule has 0 saturated carbocycles. The van der Waals surface area contributed by atoms with Gasteiger partial charge in [0.15, 0.2) is 0 Å². The predicted octanol–water partition coefficient (Wildman–Crippen LogP) is 2.49. The van der Waals surface area contributed by atoms with Crippen LogP contribution in [-0.2, 0) is 52.2 Å². The number of anilines is 1. The summed E-state index contributed by atoms with van der Waals surface area (Å²) in [4.78, 5) is 44.2. The van der Waals surface area contributed by atoms with Gasteiger partial charge in [-0.1, -0.05) is 30.3 Å². The summed E-state index contributed by atoms with van der Waals surface area (Å²) in [5, 5.41) is 24.8. The van der Waals surface area contributed by atoms with Crippen molar-refractivity contribution in [2.24, 2.45) is 0 Å². The number of ketones is 1. The summed E-state index contributed by atoms with van der Waals surface area (Å²) in [6.07, 6.45) is 0. The summed E-state index contributed by atoms with van der Waals surface area (Å²) in [5.41, 5.74) is -0.267. The highest BCUT2D eigenvalue weighted by Crippen LogP contribution is 2.28. The van der Waals surface area contributed by atoms with Crippen molar-refractivity contribution < 1.29 is 66.8 Å². The van der Waals surface area contributed by atoms with Crippen LogP contribution in [-0.4, -0.2) is 154 Å². The van der Waals surface area contributed by atoms with Crippen LogP contribution in [0.25, 0.3) is 0 Å². The van der Waals surface area contributed by atoms with Gasteiger partial charge in [0.25, 0.3) is 17.2 Å². The highest BCUT2D eigenvalue weighted by Gasteiger charge is 2.19. The maximum absolute atomic E-state index is 11.9. The van der Waals surface area contributed by atoms with Gasteiger partial charge in [-0.15, -0.1) is 0 Å². The van der Waals surface area contributed by atoms with Gasteiger partial charge >= 0.3 is 5.97 Å². The van der Waals surface area contributed by atoms with Gasteiger partial charge in [-0.2, -0.15) is 0 Å². The monoisotopic (exact) mass is 755 g/mol. The van der Waals surface area contributed by atoms with Crippen LogP contribution in [0.4, 0.5) is 17.1 Å². The largest absolute Gasteiger partial charge is 0.457 e. The van der Waals surface area contributed by atoms with E-state index in [-0.39, 0.29) is 49.0 Å². The number of carbonyl (C=O) groups excluding carboxylic acids is 2. The van der Waals surface area contributed by atoms with E-state index in [2.05, 4.69) is 5.32 Å². The van der Waals surface area contributed by atoms with Crippen molar-refractivity contribution in [1.29, 1.82) is 0 Å². The summed E-state index contributed by atoms with van der Waals surface area (Å²) in [6.45, 7) is 7.08. The molecule has 53 heavy (non-hydrogen) atoms. The van der Waals surface area contributed by atoms with Crippen LogP contribution in [0.15, 0.2) is 48.5 Å². The van der Waals surface area contributed by atoms with E-state index >= 15 is 0 Å². The van der Waals surface area contributed by atoms with E-state index in [1.807, 2.05) is 0 Å². The van der Waals surface area contributed by atoms with Crippen LogP contribution < -0.4 is 5.32 Å². The molecule has 296 valence electrons. The number of nitro benzene ring substituents is 2. The highest BCUT2D eigenvalue weighted by atomic mass is 16.6. The standard InChI is InChI=1S/C34H49N3O16/c38-33(29-4-2-1-3-5-29)34(39)53-27-26-52-25-24-51-23-22-50-21-20-49-19-18-48-17-16-47-15-14-46-13-12-45-11-10-44-9-8-35-31-7-6-30(36(40)41)28-32(31)37(42)43/h1-7,28,35H,8-27H2. The molecule has 0 aromatic heterocycles. The molecule has 0 spiro atoms. The molecule has 0 bridgehead atoms. The Kier molecular flexibility index (Phi) is 25.7. The van der Waals surface area contributed by atoms with E-state index in [4.69, 9.17) is 47.4 Å². The van der Waals surface area contributed by atoms with E-state index in [0.29, 0.717) is 106 Å². The fourth-order valence-corrected chi connectivity index (χ4v) is 4.02. The summed E-state index contributed by atoms with van der Waals surface area (Å²) in [5.74, 6) is -1.60. The number of hydrogen-bond donors (Lipinski definition) is 1. The van der Waals surface area contributed by atoms with Gasteiger partial charge in [-0.05, 0) is 6.07 Å². The van der Waals surface area contributed by atoms with Gasteiger partial charge in [-0.3, -0.25) is 25.0 Å². The average Bonchev–Trinajstić information content (AvgIpc) is 3.16. The van der Waals surface area contributed by atoms with E-state index in [1.54, 1.807) is 30.3 Å². The smallest absolute Gasteiger partial charge is 0.379 e. The van der Waals surface area contributed by atoms with Crippen molar-refractivity contribution in [3.05, 3.63) is 74.3 Å². The highest BCUT2D eigenvalue weighted by molar-refractivity contribution is 6.40. The second kappa shape index (κ2) is 30.3. The number of ether oxygens (including phenoxy) is 10. The Bertz CT molecular complexity index is 1300. The van der Waals surface area contributed by atoms with Crippen molar-refractivity contribution in [1.82, 2.24) is 0 Å². The zero-order chi connectivity index (χ0) is 38.2. The van der Waals surface area contributed by atoms with Crippen molar-refractivity contribution in [2.45, 2.75) is 0 Å². The molecule has 0 radical (unpaired) electrons. The lowest BCUT2D eigenvalue weighted by molar-refractivity contribution is -0.393. The molecule has 0 heterocycles. The molecule has 0 fully saturated rings. The fraction of sp³-hybridized carbons (Fsp3) is 0.588. The lowest BCUT2D eigenvalue weighted by atomic mass is 10.1. The third-order valence-corrected chi connectivity index (χ3v) is 6.61. The molecular formula is C34H49N3O16. The summed E-state index contributed by atoms with van der Waals surface area (Å²) in [7, 11) is 0. The Labute approximate surface area is 307 Å². The number of rotatable bonds is 35. The summed E-state index contributed by atoms with van der Waals surface area (Å²) in [6, 6.07) is 11.6. The van der Waals surface area contributed by atoms with Crippen LogP contribution in [0, 0.1) is 20.2 Å². The molecule has 2 rings (SSSR count). The van der Waals surface area contributed by atoms with Gasteiger partial charge in [0.1, 0.15) is 12.3 Å². The zero-order valence-electron chi connectivity index (χ0n) is 29.7. The molecule has 0 aliphatic rings. The molecule has 0 amide bonds. The predicted molar refractivity (Wildman–Crippen MR) is 187 cm³/mol. The molecule has 2 aromatic carbocycles. The average molecular weight is 756 g/mol. The van der Waals surface area contributed by atoms with E-state index in [1.165, 1.54) is 12.1 Å². The molecular weight excluding hydrogens is 706 g/mol. The van der Waals surface area contributed by atoms with Gasteiger partial charge in [0, 0.05) is 18.2 Å². The number of benzene rings is 2. The topological polar surface area (TPSA) is 225 Å². The molecule has 0 atom stereocenters. The maximum Gasteiger partial charge on any atom is 0.379 e. The second-order valence-electron chi connectivity index (χ2n) is 10.5. The van der Waals surface area contributed by atoms with Crippen LogP contribution >= 0.6 is 0 Å². The van der Waals surface area contributed by atoms with Crippen LogP contribution in [0.3, 0.4) is 0 Å². The molecule has 0 aliphatic carbocycles. The summed E-state index contributed by atoms with van der Waals surface area (Å²) < 4.78 is 53.7. The minimum atomic E-state index is -0.911. The zero-order valence-corrected chi connectivity index (χ0v) is 29.7. The molecule has 0 aliphatic heterocycles. The van der Waals surface area contributed by atoms with Crippen LogP contribution in [0.1, 0.15) is 10.4 Å². The first-order chi connectivity index (χ1) is 25.9. The van der Waals surface area contributed by atoms with Crippen molar-refractivity contribution in [2.75, 3.05) is 137 Å². The van der Waals surface area contributed by atoms with E-state index in [0.717, 1.165) is 6.07 Å². The lowest BCUT2D eigenvalue weighted by Crippen LogP contribution is -2.20. The Morgan fingerprint density at radius 3 is 1.30 bits per heavy atom. The molecule has 0 unspecified atom stereocenters. The number of carbonyl (C=O) groups is 2. The van der Waals surface area contributed by atoms with E-state index in [9.17, 15) is 29.8 Å². The first kappa shape index (κ1) is 45.0. The SMILES string of the molecule is O=C(OCCOCCOCCOCCOCCOCCOCCOCCOCCOCCNc1ccc([N+](=O)[O-])cc1[N+](=O)[O-])C(=O)c1ccccc1. The second-order valence-corrected chi connectivity index (χ2v) is 10.5. The number of hydrogen-bond acceptors (Lipinski definition) is 17. The first-order valence-electron chi connectivity index (χ1n) is 17.0. The lowest BCUT2D eigenvalue weighted by Gasteiger charge is -2.09. The number of Topliss-reactive ketones (excluding diaryl/α,β-unsaturated/α-hetero) is 1. The molecule has 2 aromatic rings. The normalized spacial score (nSPS) is 11.0. The van der Waals surface area contributed by atoms with Gasteiger partial charge in [0.2, 0.25) is 0 Å². The minimum absolute atomic E-state index is 0.0194. The number of esters is 1. The number of nitrogens with one attached hydrogen (secondary N) is 1. The molecule has 19 heteroatoms. The van der Waals surface area contributed by atoms with Crippen molar-refractivity contribution >= 4 is 28.8 Å². The van der Waals surface area contributed by atoms with Gasteiger partial charge in [0.05, 0.1) is 135 Å².